The second kappa shape index (κ2) is 6.96. The second-order valence-corrected chi connectivity index (χ2v) is 6.59. The molecular weight excluding hydrogens is 353 g/mol. The van der Waals surface area contributed by atoms with Crippen molar-refractivity contribution in [3.8, 4) is 0 Å². The van der Waals surface area contributed by atoms with Gasteiger partial charge in [-0.1, -0.05) is 37.2 Å². The van der Waals surface area contributed by atoms with Crippen LogP contribution in [0, 0.1) is 5.92 Å². The Hall–Kier alpha value is -1.48. The number of hydrogen-bond acceptors (Lipinski definition) is 4. The lowest BCUT2D eigenvalue weighted by Crippen LogP contribution is -2.28. The van der Waals surface area contributed by atoms with Crippen molar-refractivity contribution in [2.45, 2.75) is 25.2 Å². The molecule has 0 unspecified atom stereocenters. The van der Waals surface area contributed by atoms with E-state index in [9.17, 15) is 18.0 Å². The predicted molar refractivity (Wildman–Crippen MR) is 81.6 cm³/mol. The molecule has 1 N–H and O–H groups in total. The summed E-state index contributed by atoms with van der Waals surface area (Å²) in [5.41, 5.74) is -0.786. The molecular formula is C13H14ClF3N4OS. The molecule has 0 aromatic carbocycles. The topological polar surface area (TPSA) is 59.3 Å². The van der Waals surface area contributed by atoms with Crippen LogP contribution < -0.4 is 5.32 Å². The van der Waals surface area contributed by atoms with Crippen molar-refractivity contribution in [2.75, 3.05) is 12.3 Å². The Morgan fingerprint density at radius 2 is 2.13 bits per heavy atom. The van der Waals surface area contributed by atoms with Crippen LogP contribution >= 0.6 is 23.4 Å². The molecule has 0 spiro atoms. The van der Waals surface area contributed by atoms with Gasteiger partial charge in [-0.3, -0.25) is 9.20 Å². The Kier molecular flexibility index (Phi) is 5.41. The molecule has 2 aromatic rings. The maximum Gasteiger partial charge on any atom is 0.417 e. The molecule has 1 amide bonds. The van der Waals surface area contributed by atoms with E-state index >= 15 is 0 Å². The smallest absolute Gasteiger partial charge is 0.355 e. The Balaban J connectivity index is 2.18. The predicted octanol–water partition coefficient (Wildman–Crippen LogP) is 3.27. The summed E-state index contributed by atoms with van der Waals surface area (Å²) in [6.07, 6.45) is -3.66. The Labute approximate surface area is 139 Å². The average molecular weight is 367 g/mol. The lowest BCUT2D eigenvalue weighted by Gasteiger charge is -2.09. The summed E-state index contributed by atoms with van der Waals surface area (Å²) < 4.78 is 39.7. The third-order valence-electron chi connectivity index (χ3n) is 2.80. The highest BCUT2D eigenvalue weighted by molar-refractivity contribution is 7.99. The zero-order valence-corrected chi connectivity index (χ0v) is 13.9. The lowest BCUT2D eigenvalue weighted by molar-refractivity contribution is -0.137. The Morgan fingerprint density at radius 3 is 2.74 bits per heavy atom. The first-order valence-corrected chi connectivity index (χ1v) is 8.06. The van der Waals surface area contributed by atoms with Crippen molar-refractivity contribution in [2.24, 2.45) is 5.92 Å². The van der Waals surface area contributed by atoms with Gasteiger partial charge in [-0.05, 0) is 12.0 Å². The number of carbonyl (C=O) groups excluding carboxylic acids is 1. The minimum atomic E-state index is -4.53. The standard InChI is InChI=1S/C13H14ClF3N4OS/c1-7(2)4-18-10(22)6-23-12-20-19-11-9(14)3-8(5-21(11)12)13(15,16)17/h3,5,7H,4,6H2,1-2H3,(H,18,22). The first-order chi connectivity index (χ1) is 10.7. The van der Waals surface area contributed by atoms with E-state index in [1.807, 2.05) is 13.8 Å². The SMILES string of the molecule is CC(C)CNC(=O)CSc1nnc2c(Cl)cc(C(F)(F)F)cn12. The summed E-state index contributed by atoms with van der Waals surface area (Å²) in [6, 6.07) is 0.801. The van der Waals surface area contributed by atoms with Gasteiger partial charge >= 0.3 is 6.18 Å². The molecule has 10 heteroatoms. The van der Waals surface area contributed by atoms with E-state index in [1.165, 1.54) is 0 Å². The zero-order chi connectivity index (χ0) is 17.2. The molecule has 0 aliphatic rings. The van der Waals surface area contributed by atoms with Crippen LogP contribution in [0.1, 0.15) is 19.4 Å². The van der Waals surface area contributed by atoms with E-state index in [2.05, 4.69) is 15.5 Å². The van der Waals surface area contributed by atoms with Crippen molar-refractivity contribution in [1.29, 1.82) is 0 Å². The summed E-state index contributed by atoms with van der Waals surface area (Å²) in [4.78, 5) is 11.7. The van der Waals surface area contributed by atoms with E-state index in [1.54, 1.807) is 0 Å². The van der Waals surface area contributed by atoms with Crippen molar-refractivity contribution in [3.63, 3.8) is 0 Å². The van der Waals surface area contributed by atoms with Gasteiger partial charge in [0.15, 0.2) is 10.8 Å². The van der Waals surface area contributed by atoms with Crippen LogP contribution in [0.2, 0.25) is 5.02 Å². The van der Waals surface area contributed by atoms with E-state index in [4.69, 9.17) is 11.6 Å². The van der Waals surface area contributed by atoms with Crippen LogP contribution in [0.5, 0.6) is 0 Å². The van der Waals surface area contributed by atoms with E-state index in [-0.39, 0.29) is 27.5 Å². The summed E-state index contributed by atoms with van der Waals surface area (Å²) in [7, 11) is 0. The highest BCUT2D eigenvalue weighted by atomic mass is 35.5. The van der Waals surface area contributed by atoms with E-state index in [0.717, 1.165) is 28.4 Å². The van der Waals surface area contributed by atoms with Crippen molar-refractivity contribution >= 4 is 34.9 Å². The third-order valence-corrected chi connectivity index (χ3v) is 4.02. The van der Waals surface area contributed by atoms with Gasteiger partial charge in [-0.2, -0.15) is 13.2 Å². The number of pyridine rings is 1. The highest BCUT2D eigenvalue weighted by Crippen LogP contribution is 2.33. The number of alkyl halides is 3. The van der Waals surface area contributed by atoms with Gasteiger partial charge in [-0.15, -0.1) is 10.2 Å². The fourth-order valence-electron chi connectivity index (χ4n) is 1.69. The quantitative estimate of drug-likeness (QED) is 0.825. The van der Waals surface area contributed by atoms with Crippen LogP contribution in [0.4, 0.5) is 13.2 Å². The molecule has 0 aliphatic heterocycles. The molecule has 0 atom stereocenters. The fraction of sp³-hybridized carbons (Fsp3) is 0.462. The summed E-state index contributed by atoms with van der Waals surface area (Å²) >= 11 is 6.81. The number of thioether (sulfide) groups is 1. The lowest BCUT2D eigenvalue weighted by atomic mass is 10.2. The number of rotatable bonds is 5. The zero-order valence-electron chi connectivity index (χ0n) is 12.3. The largest absolute Gasteiger partial charge is 0.417 e. The first-order valence-electron chi connectivity index (χ1n) is 6.69. The molecule has 23 heavy (non-hydrogen) atoms. The van der Waals surface area contributed by atoms with Crippen LogP contribution in [0.25, 0.3) is 5.65 Å². The molecule has 0 radical (unpaired) electrons. The third kappa shape index (κ3) is 4.51. The van der Waals surface area contributed by atoms with Crippen molar-refractivity contribution in [1.82, 2.24) is 19.9 Å². The van der Waals surface area contributed by atoms with Gasteiger partial charge in [0.2, 0.25) is 5.91 Å². The minimum Gasteiger partial charge on any atom is -0.355 e. The average Bonchev–Trinajstić information content (AvgIpc) is 2.85. The minimum absolute atomic E-state index is 0.0291. The normalized spacial score (nSPS) is 12.1. The number of aromatic nitrogens is 3. The molecule has 126 valence electrons. The van der Waals surface area contributed by atoms with Gasteiger partial charge in [0.25, 0.3) is 0 Å². The molecule has 2 rings (SSSR count). The molecule has 0 fully saturated rings. The number of nitrogens with one attached hydrogen (secondary N) is 1. The first kappa shape index (κ1) is 17.9. The van der Waals surface area contributed by atoms with Gasteiger partial charge in [0, 0.05) is 12.7 Å². The van der Waals surface area contributed by atoms with Crippen molar-refractivity contribution in [3.05, 3.63) is 22.8 Å². The molecule has 5 nitrogen and oxygen atoms in total. The monoisotopic (exact) mass is 366 g/mol. The molecule has 0 saturated carbocycles. The number of amides is 1. The second-order valence-electron chi connectivity index (χ2n) is 5.24. The number of halogens is 4. The Morgan fingerprint density at radius 1 is 1.43 bits per heavy atom. The molecule has 2 heterocycles. The van der Waals surface area contributed by atoms with Crippen LogP contribution in [0.15, 0.2) is 17.4 Å². The number of fused-ring (bicyclic) bond motifs is 1. The number of carbonyl (C=O) groups is 1. The highest BCUT2D eigenvalue weighted by Gasteiger charge is 2.32. The number of hydrogen-bond donors (Lipinski definition) is 1. The van der Waals surface area contributed by atoms with E-state index in [0.29, 0.717) is 12.5 Å². The van der Waals surface area contributed by atoms with Crippen LogP contribution in [-0.2, 0) is 11.0 Å². The maximum atomic E-state index is 12.8. The molecule has 2 aromatic heterocycles. The van der Waals surface area contributed by atoms with Crippen LogP contribution in [0.3, 0.4) is 0 Å². The fourth-order valence-corrected chi connectivity index (χ4v) is 2.67. The summed E-state index contributed by atoms with van der Waals surface area (Å²) in [5.74, 6) is 0.117. The maximum absolute atomic E-state index is 12.8. The Bertz CT molecular complexity index is 717. The summed E-state index contributed by atoms with van der Waals surface area (Å²) in [6.45, 7) is 4.45. The number of nitrogens with zero attached hydrogens (tertiary/aromatic N) is 3. The van der Waals surface area contributed by atoms with Gasteiger partial charge in [-0.25, -0.2) is 0 Å². The molecule has 0 aliphatic carbocycles. The van der Waals surface area contributed by atoms with Gasteiger partial charge in [0.05, 0.1) is 16.3 Å². The summed E-state index contributed by atoms with van der Waals surface area (Å²) in [5, 5.41) is 10.3. The van der Waals surface area contributed by atoms with Crippen molar-refractivity contribution < 1.29 is 18.0 Å². The van der Waals surface area contributed by atoms with Crippen LogP contribution in [-0.4, -0.2) is 32.8 Å². The molecule has 0 saturated heterocycles. The van der Waals surface area contributed by atoms with Gasteiger partial charge in [0.1, 0.15) is 0 Å². The van der Waals surface area contributed by atoms with E-state index < -0.39 is 11.7 Å². The van der Waals surface area contributed by atoms with Gasteiger partial charge < -0.3 is 5.32 Å². The molecule has 0 bridgehead atoms.